The van der Waals surface area contributed by atoms with Gasteiger partial charge < -0.3 is 0 Å². The maximum absolute atomic E-state index is 13.0. The minimum atomic E-state index is -0.0789. The van der Waals surface area contributed by atoms with Gasteiger partial charge in [0.25, 0.3) is 5.56 Å². The second-order valence-corrected chi connectivity index (χ2v) is 5.33. The molecule has 108 valence electrons. The fourth-order valence-electron chi connectivity index (χ4n) is 2.87. The van der Waals surface area contributed by atoms with Crippen molar-refractivity contribution in [3.63, 3.8) is 0 Å². The van der Waals surface area contributed by atoms with Crippen LogP contribution in [0.3, 0.4) is 0 Å². The van der Waals surface area contributed by atoms with Crippen LogP contribution in [-0.2, 0) is 0 Å². The number of benzene rings is 2. The fourth-order valence-corrected chi connectivity index (χ4v) is 2.87. The van der Waals surface area contributed by atoms with E-state index in [0.29, 0.717) is 11.2 Å². The summed E-state index contributed by atoms with van der Waals surface area (Å²) in [6, 6.07) is 15.3. The lowest BCUT2D eigenvalue weighted by Gasteiger charge is -2.12. The van der Waals surface area contributed by atoms with Crippen LogP contribution in [0.25, 0.3) is 22.4 Å². The average molecular weight is 290 g/mol. The van der Waals surface area contributed by atoms with E-state index in [2.05, 4.69) is 10.2 Å². The van der Waals surface area contributed by atoms with E-state index in [1.54, 1.807) is 4.57 Å². The third-order valence-electron chi connectivity index (χ3n) is 3.94. The number of hydrogen-bond donors (Lipinski definition) is 0. The van der Waals surface area contributed by atoms with Crippen LogP contribution in [0.1, 0.15) is 11.4 Å². The SMILES string of the molecule is Cc1ccccc1-n1c(=O)c2ccccc2n2c(C)nnc12. The summed E-state index contributed by atoms with van der Waals surface area (Å²) in [7, 11) is 0. The van der Waals surface area contributed by atoms with E-state index in [1.807, 2.05) is 66.8 Å². The molecule has 2 heterocycles. The number of aromatic nitrogens is 4. The molecule has 0 spiro atoms. The van der Waals surface area contributed by atoms with Gasteiger partial charge in [-0.3, -0.25) is 9.20 Å². The van der Waals surface area contributed by atoms with Gasteiger partial charge in [-0.1, -0.05) is 30.3 Å². The van der Waals surface area contributed by atoms with E-state index in [1.165, 1.54) is 0 Å². The first-order valence-electron chi connectivity index (χ1n) is 7.10. The van der Waals surface area contributed by atoms with Crippen LogP contribution in [0, 0.1) is 13.8 Å². The lowest BCUT2D eigenvalue weighted by Crippen LogP contribution is -2.22. The van der Waals surface area contributed by atoms with E-state index in [0.717, 1.165) is 22.6 Å². The molecule has 0 bridgehead atoms. The van der Waals surface area contributed by atoms with Gasteiger partial charge in [0.15, 0.2) is 0 Å². The molecule has 2 aromatic heterocycles. The normalized spacial score (nSPS) is 11.4. The Kier molecular flexibility index (Phi) is 2.63. The molecule has 0 aliphatic rings. The van der Waals surface area contributed by atoms with Crippen molar-refractivity contribution in [2.75, 3.05) is 0 Å². The second kappa shape index (κ2) is 4.53. The molecule has 0 atom stereocenters. The average Bonchev–Trinajstić information content (AvgIpc) is 2.91. The Balaban J connectivity index is 2.30. The van der Waals surface area contributed by atoms with E-state index in [9.17, 15) is 4.79 Å². The molecule has 5 nitrogen and oxygen atoms in total. The predicted molar refractivity (Wildman–Crippen MR) is 85.6 cm³/mol. The first-order valence-corrected chi connectivity index (χ1v) is 7.10. The molecule has 0 N–H and O–H groups in total. The Hall–Kier alpha value is -2.95. The summed E-state index contributed by atoms with van der Waals surface area (Å²) >= 11 is 0. The first-order chi connectivity index (χ1) is 10.7. The Labute approximate surface area is 126 Å². The van der Waals surface area contributed by atoms with Crippen molar-refractivity contribution < 1.29 is 0 Å². The van der Waals surface area contributed by atoms with Gasteiger partial charge in [0.1, 0.15) is 5.82 Å². The highest BCUT2D eigenvalue weighted by molar-refractivity contribution is 5.81. The van der Waals surface area contributed by atoms with Crippen LogP contribution < -0.4 is 5.56 Å². The molecule has 4 aromatic rings. The molecule has 0 radical (unpaired) electrons. The summed E-state index contributed by atoms with van der Waals surface area (Å²) in [6.45, 7) is 3.87. The predicted octanol–water partition coefficient (Wildman–Crippen LogP) is 2.65. The van der Waals surface area contributed by atoms with Crippen molar-refractivity contribution in [3.8, 4) is 5.69 Å². The van der Waals surface area contributed by atoms with Crippen LogP contribution in [-0.4, -0.2) is 19.2 Å². The molecule has 0 saturated heterocycles. The lowest BCUT2D eigenvalue weighted by molar-refractivity contribution is 0.956. The first kappa shape index (κ1) is 12.8. The van der Waals surface area contributed by atoms with Crippen molar-refractivity contribution in [1.82, 2.24) is 19.2 Å². The molecule has 2 aromatic carbocycles. The molecule has 0 saturated carbocycles. The molecular formula is C17H14N4O. The quantitative estimate of drug-likeness (QED) is 0.541. The van der Waals surface area contributed by atoms with Crippen LogP contribution >= 0.6 is 0 Å². The fraction of sp³-hybridized carbons (Fsp3) is 0.118. The van der Waals surface area contributed by atoms with Gasteiger partial charge in [0.2, 0.25) is 5.78 Å². The van der Waals surface area contributed by atoms with Gasteiger partial charge in [-0.25, -0.2) is 4.57 Å². The Bertz CT molecular complexity index is 1080. The van der Waals surface area contributed by atoms with Gasteiger partial charge in [0, 0.05) is 0 Å². The Morgan fingerprint density at radius 2 is 1.64 bits per heavy atom. The van der Waals surface area contributed by atoms with Crippen LogP contribution in [0.15, 0.2) is 53.3 Å². The van der Waals surface area contributed by atoms with E-state index in [-0.39, 0.29) is 5.56 Å². The summed E-state index contributed by atoms with van der Waals surface area (Å²) in [4.78, 5) is 13.0. The monoisotopic (exact) mass is 290 g/mol. The summed E-state index contributed by atoms with van der Waals surface area (Å²) in [5.41, 5.74) is 2.60. The number of fused-ring (bicyclic) bond motifs is 3. The maximum atomic E-state index is 13.0. The third-order valence-corrected chi connectivity index (χ3v) is 3.94. The Morgan fingerprint density at radius 3 is 2.45 bits per heavy atom. The second-order valence-electron chi connectivity index (χ2n) is 5.33. The molecule has 4 rings (SSSR count). The van der Waals surface area contributed by atoms with E-state index < -0.39 is 0 Å². The lowest BCUT2D eigenvalue weighted by atomic mass is 10.2. The van der Waals surface area contributed by atoms with Gasteiger partial charge in [-0.2, -0.15) is 0 Å². The van der Waals surface area contributed by atoms with Crippen LogP contribution in [0.4, 0.5) is 0 Å². The van der Waals surface area contributed by atoms with Crippen molar-refractivity contribution >= 4 is 16.7 Å². The molecule has 0 aliphatic heterocycles. The summed E-state index contributed by atoms with van der Waals surface area (Å²) in [5.74, 6) is 1.30. The van der Waals surface area contributed by atoms with Crippen molar-refractivity contribution in [2.45, 2.75) is 13.8 Å². The largest absolute Gasteiger partial charge is 0.268 e. The van der Waals surface area contributed by atoms with Gasteiger partial charge >= 0.3 is 0 Å². The smallest absolute Gasteiger partial charge is 0.267 e. The molecule has 5 heteroatoms. The number of rotatable bonds is 1. The van der Waals surface area contributed by atoms with Gasteiger partial charge in [0.05, 0.1) is 16.6 Å². The molecule has 0 unspecified atom stereocenters. The van der Waals surface area contributed by atoms with Gasteiger partial charge in [-0.05, 0) is 37.6 Å². The zero-order valence-electron chi connectivity index (χ0n) is 12.3. The number of para-hydroxylation sites is 2. The van der Waals surface area contributed by atoms with Crippen molar-refractivity contribution in [3.05, 3.63) is 70.3 Å². The van der Waals surface area contributed by atoms with Crippen LogP contribution in [0.5, 0.6) is 0 Å². The minimum absolute atomic E-state index is 0.0789. The van der Waals surface area contributed by atoms with Gasteiger partial charge in [-0.15, -0.1) is 10.2 Å². The number of hydrogen-bond acceptors (Lipinski definition) is 3. The van der Waals surface area contributed by atoms with E-state index in [4.69, 9.17) is 0 Å². The molecule has 22 heavy (non-hydrogen) atoms. The summed E-state index contributed by atoms with van der Waals surface area (Å²) < 4.78 is 3.56. The Morgan fingerprint density at radius 1 is 0.909 bits per heavy atom. The zero-order chi connectivity index (χ0) is 15.3. The summed E-state index contributed by atoms with van der Waals surface area (Å²) in [5, 5.41) is 9.03. The van der Waals surface area contributed by atoms with Crippen molar-refractivity contribution in [1.29, 1.82) is 0 Å². The van der Waals surface area contributed by atoms with Crippen LogP contribution in [0.2, 0.25) is 0 Å². The molecular weight excluding hydrogens is 276 g/mol. The number of aryl methyl sites for hydroxylation is 2. The minimum Gasteiger partial charge on any atom is -0.268 e. The number of nitrogens with zero attached hydrogens (tertiary/aromatic N) is 4. The highest BCUT2D eigenvalue weighted by Crippen LogP contribution is 2.19. The topological polar surface area (TPSA) is 52.2 Å². The summed E-state index contributed by atoms with van der Waals surface area (Å²) in [6.07, 6.45) is 0. The van der Waals surface area contributed by atoms with E-state index >= 15 is 0 Å². The highest BCUT2D eigenvalue weighted by atomic mass is 16.1. The third kappa shape index (κ3) is 1.62. The molecule has 0 fully saturated rings. The zero-order valence-corrected chi connectivity index (χ0v) is 12.3. The standard InChI is InChI=1S/C17H14N4O/c1-11-7-3-5-9-14(11)21-16(22)13-8-4-6-10-15(13)20-12(2)18-19-17(20)21/h3-10H,1-2H3. The molecule has 0 amide bonds. The molecule has 0 aliphatic carbocycles. The highest BCUT2D eigenvalue weighted by Gasteiger charge is 2.16. The maximum Gasteiger partial charge on any atom is 0.267 e. The van der Waals surface area contributed by atoms with Crippen molar-refractivity contribution in [2.24, 2.45) is 0 Å².